The van der Waals surface area contributed by atoms with Gasteiger partial charge < -0.3 is 4.74 Å². The molecule has 0 bridgehead atoms. The zero-order valence-corrected chi connectivity index (χ0v) is 12.0. The summed E-state index contributed by atoms with van der Waals surface area (Å²) < 4.78 is 46.3. The lowest BCUT2D eigenvalue weighted by Gasteiger charge is -2.51. The number of ether oxygens (including phenoxy) is 1. The Balaban J connectivity index is 1.79. The molecule has 1 saturated carbocycles. The number of sulfonamides is 1. The molecule has 0 radical (unpaired) electrons. The minimum atomic E-state index is -3.79. The van der Waals surface area contributed by atoms with E-state index in [1.165, 1.54) is 24.3 Å². The van der Waals surface area contributed by atoms with Crippen LogP contribution >= 0.6 is 0 Å². The predicted octanol–water partition coefficient (Wildman–Crippen LogP) is 2.06. The number of hydrogen-bond donors (Lipinski definition) is 1. The van der Waals surface area contributed by atoms with Gasteiger partial charge in [-0.05, 0) is 43.2 Å². The lowest BCUT2D eigenvalue weighted by atomic mass is 9.60. The highest BCUT2D eigenvalue weighted by molar-refractivity contribution is 7.89. The van der Waals surface area contributed by atoms with Crippen LogP contribution in [0.1, 0.15) is 25.7 Å². The molecule has 110 valence electrons. The van der Waals surface area contributed by atoms with E-state index in [1.807, 2.05) is 0 Å². The summed E-state index contributed by atoms with van der Waals surface area (Å²) >= 11 is 0. The van der Waals surface area contributed by atoms with Gasteiger partial charge in [0.2, 0.25) is 10.0 Å². The highest BCUT2D eigenvalue weighted by atomic mass is 32.2. The van der Waals surface area contributed by atoms with Crippen LogP contribution in [-0.4, -0.2) is 27.7 Å². The van der Waals surface area contributed by atoms with Gasteiger partial charge in [-0.15, -0.1) is 0 Å². The fourth-order valence-corrected chi connectivity index (χ4v) is 4.62. The molecule has 20 heavy (non-hydrogen) atoms. The van der Waals surface area contributed by atoms with Gasteiger partial charge in [0.05, 0.1) is 0 Å². The quantitative estimate of drug-likeness (QED) is 0.929. The zero-order chi connectivity index (χ0) is 14.2. The van der Waals surface area contributed by atoms with Crippen LogP contribution in [0.25, 0.3) is 0 Å². The maximum absolute atomic E-state index is 13.7. The first-order chi connectivity index (χ1) is 9.54. The van der Waals surface area contributed by atoms with Gasteiger partial charge in [-0.25, -0.2) is 17.5 Å². The minimum Gasteiger partial charge on any atom is -0.381 e. The van der Waals surface area contributed by atoms with Crippen LogP contribution in [0, 0.1) is 11.2 Å². The van der Waals surface area contributed by atoms with E-state index in [4.69, 9.17) is 4.74 Å². The molecule has 1 aromatic rings. The van der Waals surface area contributed by atoms with Crippen molar-refractivity contribution in [3.8, 4) is 0 Å². The van der Waals surface area contributed by atoms with Crippen molar-refractivity contribution in [2.45, 2.75) is 36.6 Å². The molecule has 1 aromatic carbocycles. The van der Waals surface area contributed by atoms with Crippen molar-refractivity contribution >= 4 is 10.0 Å². The molecule has 2 fully saturated rings. The number of hydrogen-bond acceptors (Lipinski definition) is 3. The molecule has 1 N–H and O–H groups in total. The standard InChI is InChI=1S/C14H18FNO3S/c15-11-3-1-2-4-12(11)20(17,18)16-13-5-6-14(13)7-9-19-10-8-14/h1-4,13,16H,5-10H2. The Morgan fingerprint density at radius 1 is 1.20 bits per heavy atom. The molecule has 4 nitrogen and oxygen atoms in total. The second kappa shape index (κ2) is 5.09. The Morgan fingerprint density at radius 2 is 1.90 bits per heavy atom. The summed E-state index contributed by atoms with van der Waals surface area (Å²) in [6, 6.07) is 5.38. The highest BCUT2D eigenvalue weighted by Gasteiger charge is 2.49. The first-order valence-electron chi connectivity index (χ1n) is 6.88. The van der Waals surface area contributed by atoms with Gasteiger partial charge in [-0.3, -0.25) is 0 Å². The average molecular weight is 299 g/mol. The Hall–Kier alpha value is -0.980. The molecule has 1 unspecified atom stereocenters. The van der Waals surface area contributed by atoms with Gasteiger partial charge >= 0.3 is 0 Å². The molecule has 1 heterocycles. The van der Waals surface area contributed by atoms with Crippen LogP contribution in [0.2, 0.25) is 0 Å². The molecule has 1 spiro atoms. The van der Waals surface area contributed by atoms with Crippen LogP contribution in [0.5, 0.6) is 0 Å². The monoisotopic (exact) mass is 299 g/mol. The predicted molar refractivity (Wildman–Crippen MR) is 72.2 cm³/mol. The van der Waals surface area contributed by atoms with Crippen molar-refractivity contribution in [3.63, 3.8) is 0 Å². The normalized spacial score (nSPS) is 25.4. The zero-order valence-electron chi connectivity index (χ0n) is 11.1. The molecule has 0 amide bonds. The van der Waals surface area contributed by atoms with E-state index < -0.39 is 15.8 Å². The molecular weight excluding hydrogens is 281 g/mol. The van der Waals surface area contributed by atoms with E-state index in [9.17, 15) is 12.8 Å². The smallest absolute Gasteiger partial charge is 0.243 e. The third-order valence-corrected chi connectivity index (χ3v) is 6.09. The minimum absolute atomic E-state index is 0.0105. The summed E-state index contributed by atoms with van der Waals surface area (Å²) in [5, 5.41) is 0. The molecule has 1 saturated heterocycles. The van der Waals surface area contributed by atoms with Gasteiger partial charge in [0.15, 0.2) is 0 Å². The Labute approximate surface area is 118 Å². The van der Waals surface area contributed by atoms with E-state index in [0.29, 0.717) is 13.2 Å². The van der Waals surface area contributed by atoms with Crippen LogP contribution in [-0.2, 0) is 14.8 Å². The molecule has 6 heteroatoms. The van der Waals surface area contributed by atoms with Crippen LogP contribution in [0.3, 0.4) is 0 Å². The van der Waals surface area contributed by atoms with Crippen LogP contribution < -0.4 is 4.72 Å². The van der Waals surface area contributed by atoms with Crippen LogP contribution in [0.4, 0.5) is 4.39 Å². The molecular formula is C14H18FNO3S. The lowest BCUT2D eigenvalue weighted by molar-refractivity contribution is -0.0483. The molecule has 2 aliphatic rings. The second-order valence-corrected chi connectivity index (χ2v) is 7.30. The third kappa shape index (κ3) is 2.36. The third-order valence-electron chi connectivity index (χ3n) is 4.58. The Kier molecular flexibility index (Phi) is 3.56. The number of halogens is 1. The highest BCUT2D eigenvalue weighted by Crippen LogP contribution is 2.49. The first kappa shape index (κ1) is 14.0. The van der Waals surface area contributed by atoms with E-state index in [0.717, 1.165) is 25.7 Å². The maximum atomic E-state index is 13.7. The van der Waals surface area contributed by atoms with Crippen molar-refractivity contribution in [2.24, 2.45) is 5.41 Å². The summed E-state index contributed by atoms with van der Waals surface area (Å²) in [6.07, 6.45) is 3.57. The van der Waals surface area contributed by atoms with E-state index in [-0.39, 0.29) is 16.4 Å². The number of rotatable bonds is 3. The fraction of sp³-hybridized carbons (Fsp3) is 0.571. The summed E-state index contributed by atoms with van der Waals surface area (Å²) in [5.41, 5.74) is 0.0105. The molecule has 1 atom stereocenters. The summed E-state index contributed by atoms with van der Waals surface area (Å²) in [4.78, 5) is -0.269. The van der Waals surface area contributed by atoms with E-state index in [2.05, 4.69) is 4.72 Å². The first-order valence-corrected chi connectivity index (χ1v) is 8.36. The SMILES string of the molecule is O=S(=O)(NC1CCC12CCOCC2)c1ccccc1F. The summed E-state index contributed by atoms with van der Waals surface area (Å²) in [5.74, 6) is -0.708. The Morgan fingerprint density at radius 3 is 2.50 bits per heavy atom. The number of benzene rings is 1. The molecule has 3 rings (SSSR count). The van der Waals surface area contributed by atoms with Crippen molar-refractivity contribution in [1.29, 1.82) is 0 Å². The molecule has 0 aromatic heterocycles. The van der Waals surface area contributed by atoms with Gasteiger partial charge in [0.25, 0.3) is 0 Å². The molecule has 1 aliphatic carbocycles. The van der Waals surface area contributed by atoms with Crippen molar-refractivity contribution in [2.75, 3.05) is 13.2 Å². The number of nitrogens with one attached hydrogen (secondary N) is 1. The summed E-state index contributed by atoms with van der Waals surface area (Å²) in [6.45, 7) is 1.36. The van der Waals surface area contributed by atoms with Gasteiger partial charge in [-0.1, -0.05) is 12.1 Å². The largest absolute Gasteiger partial charge is 0.381 e. The van der Waals surface area contributed by atoms with Crippen molar-refractivity contribution in [1.82, 2.24) is 4.72 Å². The Bertz CT molecular complexity index is 596. The second-order valence-electron chi connectivity index (χ2n) is 5.62. The van der Waals surface area contributed by atoms with E-state index >= 15 is 0 Å². The van der Waals surface area contributed by atoms with Crippen LogP contribution in [0.15, 0.2) is 29.2 Å². The summed E-state index contributed by atoms with van der Waals surface area (Å²) in [7, 11) is -3.79. The van der Waals surface area contributed by atoms with Crippen molar-refractivity contribution < 1.29 is 17.5 Å². The average Bonchev–Trinajstić information content (AvgIpc) is 2.45. The van der Waals surface area contributed by atoms with Gasteiger partial charge in [0.1, 0.15) is 10.7 Å². The van der Waals surface area contributed by atoms with Gasteiger partial charge in [0, 0.05) is 19.3 Å². The maximum Gasteiger partial charge on any atom is 0.243 e. The van der Waals surface area contributed by atoms with E-state index in [1.54, 1.807) is 0 Å². The lowest BCUT2D eigenvalue weighted by Crippen LogP contribution is -2.57. The fourth-order valence-electron chi connectivity index (χ4n) is 3.17. The van der Waals surface area contributed by atoms with Gasteiger partial charge in [-0.2, -0.15) is 0 Å². The van der Waals surface area contributed by atoms with Crippen molar-refractivity contribution in [3.05, 3.63) is 30.1 Å². The molecule has 1 aliphatic heterocycles. The topological polar surface area (TPSA) is 55.4 Å².